The Labute approximate surface area is 110 Å². The predicted octanol–water partition coefficient (Wildman–Crippen LogP) is 1.85. The summed E-state index contributed by atoms with van der Waals surface area (Å²) in [7, 11) is -3.42. The minimum absolute atomic E-state index is 0.0409. The molecule has 0 heterocycles. The van der Waals surface area contributed by atoms with Gasteiger partial charge >= 0.3 is 0 Å². The topological polar surface area (TPSA) is 80.4 Å². The van der Waals surface area contributed by atoms with Crippen molar-refractivity contribution >= 4 is 31.5 Å². The van der Waals surface area contributed by atoms with Crippen LogP contribution in [0.4, 0.5) is 5.69 Å². The molecule has 0 aliphatic rings. The molecule has 0 bridgehead atoms. The van der Waals surface area contributed by atoms with Gasteiger partial charge in [-0.3, -0.25) is 0 Å². The second-order valence-corrected chi connectivity index (χ2v) is 8.79. The van der Waals surface area contributed by atoms with Gasteiger partial charge in [0.15, 0.2) is 13.5 Å². The third kappa shape index (κ3) is 2.81. The van der Waals surface area contributed by atoms with E-state index in [0.29, 0.717) is 11.3 Å². The van der Waals surface area contributed by atoms with Crippen LogP contribution in [0.25, 0.3) is 0 Å². The average Bonchev–Trinajstić information content (AvgIpc) is 2.28. The molecule has 0 unspecified atom stereocenters. The SMILES string of the molecule is CCS(=O)(=O)[C@@](C)(Br)[C@@H](O)c1ccc(N)cc1. The molecular formula is C11H16BrNO3S. The quantitative estimate of drug-likeness (QED) is 0.655. The van der Waals surface area contributed by atoms with Gasteiger partial charge in [-0.25, -0.2) is 8.42 Å². The van der Waals surface area contributed by atoms with Gasteiger partial charge in [0.2, 0.25) is 0 Å². The van der Waals surface area contributed by atoms with Crippen molar-refractivity contribution in [2.24, 2.45) is 0 Å². The molecule has 1 rings (SSSR count). The highest BCUT2D eigenvalue weighted by atomic mass is 79.9. The molecule has 0 radical (unpaired) electrons. The van der Waals surface area contributed by atoms with Gasteiger partial charge in [-0.05, 0) is 24.6 Å². The van der Waals surface area contributed by atoms with Gasteiger partial charge in [0.25, 0.3) is 0 Å². The fraction of sp³-hybridized carbons (Fsp3) is 0.455. The molecule has 96 valence electrons. The van der Waals surface area contributed by atoms with E-state index in [1.54, 1.807) is 31.2 Å². The Bertz CT molecular complexity index is 482. The summed E-state index contributed by atoms with van der Waals surface area (Å²) in [5.41, 5.74) is 6.61. The van der Waals surface area contributed by atoms with Crippen molar-refractivity contribution in [3.05, 3.63) is 29.8 Å². The summed E-state index contributed by atoms with van der Waals surface area (Å²) in [4.78, 5) is 0. The number of nitrogens with two attached hydrogens (primary N) is 1. The number of halogens is 1. The third-order valence-corrected chi connectivity index (χ3v) is 6.84. The van der Waals surface area contributed by atoms with Gasteiger partial charge in [0.05, 0.1) is 0 Å². The normalized spacial score (nSPS) is 17.4. The first-order chi connectivity index (χ1) is 7.72. The molecule has 0 aromatic heterocycles. The van der Waals surface area contributed by atoms with Crippen LogP contribution in [0, 0.1) is 0 Å². The summed E-state index contributed by atoms with van der Waals surface area (Å²) in [5, 5.41) is 10.1. The zero-order valence-electron chi connectivity index (χ0n) is 9.72. The lowest BCUT2D eigenvalue weighted by atomic mass is 10.1. The van der Waals surface area contributed by atoms with E-state index in [-0.39, 0.29) is 5.75 Å². The highest BCUT2D eigenvalue weighted by Crippen LogP contribution is 2.38. The molecular weight excluding hydrogens is 306 g/mol. The van der Waals surface area contributed by atoms with Crippen molar-refractivity contribution in [1.82, 2.24) is 0 Å². The van der Waals surface area contributed by atoms with Crippen molar-refractivity contribution < 1.29 is 13.5 Å². The largest absolute Gasteiger partial charge is 0.399 e. The Kier molecular flexibility index (Phi) is 4.22. The monoisotopic (exact) mass is 321 g/mol. The van der Waals surface area contributed by atoms with Gasteiger partial charge in [-0.1, -0.05) is 35.0 Å². The fourth-order valence-electron chi connectivity index (χ4n) is 1.43. The number of alkyl halides is 1. The van der Waals surface area contributed by atoms with Crippen molar-refractivity contribution in [3.63, 3.8) is 0 Å². The molecule has 2 atom stereocenters. The average molecular weight is 322 g/mol. The molecule has 0 fully saturated rings. The van der Waals surface area contributed by atoms with Crippen LogP contribution >= 0.6 is 15.9 Å². The first-order valence-electron chi connectivity index (χ1n) is 5.17. The number of hydrogen-bond donors (Lipinski definition) is 2. The van der Waals surface area contributed by atoms with E-state index in [0.717, 1.165) is 0 Å². The summed E-state index contributed by atoms with van der Waals surface area (Å²) in [5.74, 6) is -0.0409. The van der Waals surface area contributed by atoms with Gasteiger partial charge in [-0.15, -0.1) is 0 Å². The summed E-state index contributed by atoms with van der Waals surface area (Å²) in [6.07, 6.45) is -1.15. The van der Waals surface area contributed by atoms with E-state index in [2.05, 4.69) is 15.9 Å². The Morgan fingerprint density at radius 1 is 1.41 bits per heavy atom. The number of aliphatic hydroxyl groups is 1. The maximum Gasteiger partial charge on any atom is 0.168 e. The molecule has 0 saturated carbocycles. The highest BCUT2D eigenvalue weighted by molar-refractivity contribution is 9.11. The van der Waals surface area contributed by atoms with Crippen LogP contribution in [-0.4, -0.2) is 22.9 Å². The minimum atomic E-state index is -3.42. The van der Waals surface area contributed by atoms with E-state index in [1.807, 2.05) is 0 Å². The number of aliphatic hydroxyl groups excluding tert-OH is 1. The van der Waals surface area contributed by atoms with Gasteiger partial charge < -0.3 is 10.8 Å². The van der Waals surface area contributed by atoms with E-state index in [4.69, 9.17) is 5.73 Å². The Morgan fingerprint density at radius 2 is 1.88 bits per heavy atom. The van der Waals surface area contributed by atoms with Gasteiger partial charge in [-0.2, -0.15) is 0 Å². The van der Waals surface area contributed by atoms with E-state index in [1.165, 1.54) is 6.92 Å². The van der Waals surface area contributed by atoms with E-state index in [9.17, 15) is 13.5 Å². The maximum absolute atomic E-state index is 11.9. The van der Waals surface area contributed by atoms with Crippen LogP contribution in [0.15, 0.2) is 24.3 Å². The third-order valence-electron chi connectivity index (χ3n) is 2.73. The number of anilines is 1. The van der Waals surface area contributed by atoms with Crippen molar-refractivity contribution in [2.75, 3.05) is 11.5 Å². The fourth-order valence-corrected chi connectivity index (χ4v) is 3.42. The summed E-state index contributed by atoms with van der Waals surface area (Å²) >= 11 is 3.12. The molecule has 1 aromatic carbocycles. The number of benzene rings is 1. The van der Waals surface area contributed by atoms with Crippen LogP contribution in [-0.2, 0) is 9.84 Å². The Hall–Kier alpha value is -0.590. The van der Waals surface area contributed by atoms with E-state index < -0.39 is 19.6 Å². The molecule has 0 aliphatic heterocycles. The number of hydrogen-bond acceptors (Lipinski definition) is 4. The maximum atomic E-state index is 11.9. The molecule has 17 heavy (non-hydrogen) atoms. The van der Waals surface area contributed by atoms with Crippen LogP contribution < -0.4 is 5.73 Å². The molecule has 1 aromatic rings. The lowest BCUT2D eigenvalue weighted by molar-refractivity contribution is 0.167. The predicted molar refractivity (Wildman–Crippen MR) is 72.6 cm³/mol. The summed E-state index contributed by atoms with van der Waals surface area (Å²) in [6.45, 7) is 3.00. The van der Waals surface area contributed by atoms with Crippen LogP contribution in [0.5, 0.6) is 0 Å². The van der Waals surface area contributed by atoms with E-state index >= 15 is 0 Å². The molecule has 0 spiro atoms. The van der Waals surface area contributed by atoms with Crippen LogP contribution in [0.2, 0.25) is 0 Å². The van der Waals surface area contributed by atoms with Crippen LogP contribution in [0.1, 0.15) is 25.5 Å². The van der Waals surface area contributed by atoms with Gasteiger partial charge in [0.1, 0.15) is 6.10 Å². The number of sulfone groups is 1. The van der Waals surface area contributed by atoms with Crippen molar-refractivity contribution in [1.29, 1.82) is 0 Å². The second-order valence-electron chi connectivity index (χ2n) is 3.96. The summed E-state index contributed by atoms with van der Waals surface area (Å²) in [6, 6.07) is 6.48. The van der Waals surface area contributed by atoms with Gasteiger partial charge in [0, 0.05) is 11.4 Å². The first kappa shape index (κ1) is 14.5. The molecule has 6 heteroatoms. The highest BCUT2D eigenvalue weighted by Gasteiger charge is 2.42. The minimum Gasteiger partial charge on any atom is -0.399 e. The molecule has 0 saturated heterocycles. The van der Waals surface area contributed by atoms with Crippen LogP contribution in [0.3, 0.4) is 0 Å². The first-order valence-corrected chi connectivity index (χ1v) is 7.61. The zero-order valence-corrected chi connectivity index (χ0v) is 12.1. The smallest absolute Gasteiger partial charge is 0.168 e. The van der Waals surface area contributed by atoms with Crippen molar-refractivity contribution in [3.8, 4) is 0 Å². The lowest BCUT2D eigenvalue weighted by Gasteiger charge is -2.28. The lowest BCUT2D eigenvalue weighted by Crippen LogP contribution is -2.36. The Morgan fingerprint density at radius 3 is 2.29 bits per heavy atom. The molecule has 4 nitrogen and oxygen atoms in total. The second kappa shape index (κ2) is 4.96. The molecule has 3 N–H and O–H groups in total. The number of rotatable bonds is 4. The number of nitrogen functional groups attached to an aromatic ring is 1. The van der Waals surface area contributed by atoms with Crippen molar-refractivity contribution in [2.45, 2.75) is 23.6 Å². The summed E-state index contributed by atoms with van der Waals surface area (Å²) < 4.78 is 22.3. The standard InChI is InChI=1S/C11H16BrNO3S/c1-3-17(15,16)11(2,12)10(14)8-4-6-9(13)7-5-8/h4-7,10,14H,3,13H2,1-2H3/t10-,11+/m0/s1. The Balaban J connectivity index is 3.12. The zero-order chi connectivity index (χ0) is 13.3. The molecule has 0 aliphatic carbocycles. The molecule has 0 amide bonds.